The van der Waals surface area contributed by atoms with Crippen molar-refractivity contribution in [3.8, 4) is 0 Å². The molecular weight excluding hydrogens is 178 g/mol. The Kier molecular flexibility index (Phi) is 1.95. The second-order valence-corrected chi connectivity index (χ2v) is 3.79. The van der Waals surface area contributed by atoms with Crippen molar-refractivity contribution in [3.63, 3.8) is 0 Å². The lowest BCUT2D eigenvalue weighted by molar-refractivity contribution is -0.138. The molecule has 0 amide bonds. The molecular formula is C11H13NO2. The smallest absolute Gasteiger partial charge is 0.326 e. The minimum atomic E-state index is -0.784. The van der Waals surface area contributed by atoms with Crippen LogP contribution in [-0.2, 0) is 4.79 Å². The van der Waals surface area contributed by atoms with Gasteiger partial charge in [-0.2, -0.15) is 0 Å². The summed E-state index contributed by atoms with van der Waals surface area (Å²) in [6.07, 6.45) is 0. The van der Waals surface area contributed by atoms with Crippen LogP contribution >= 0.6 is 0 Å². The molecule has 0 radical (unpaired) electrons. The lowest BCUT2D eigenvalue weighted by Crippen LogP contribution is -2.28. The van der Waals surface area contributed by atoms with Gasteiger partial charge in [0.2, 0.25) is 0 Å². The van der Waals surface area contributed by atoms with Crippen LogP contribution in [0.3, 0.4) is 0 Å². The lowest BCUT2D eigenvalue weighted by atomic mass is 9.94. The Morgan fingerprint density at radius 3 is 2.79 bits per heavy atom. The van der Waals surface area contributed by atoms with Gasteiger partial charge < -0.3 is 10.4 Å². The van der Waals surface area contributed by atoms with Crippen LogP contribution in [0.5, 0.6) is 0 Å². The van der Waals surface area contributed by atoms with E-state index in [0.29, 0.717) is 0 Å². The van der Waals surface area contributed by atoms with Crippen LogP contribution in [0.1, 0.15) is 24.0 Å². The van der Waals surface area contributed by atoms with Gasteiger partial charge in [0.25, 0.3) is 0 Å². The molecule has 0 fully saturated rings. The standard InChI is InChI=1S/C11H13NO2/c1-6-4-3-5-8-9(6)7(2)10(12-8)11(13)14/h3-5,7,10,12H,1-2H3,(H,13,14). The fraction of sp³-hybridized carbons (Fsp3) is 0.364. The molecule has 0 saturated carbocycles. The summed E-state index contributed by atoms with van der Waals surface area (Å²) in [7, 11) is 0. The van der Waals surface area contributed by atoms with E-state index in [1.165, 1.54) is 0 Å². The topological polar surface area (TPSA) is 49.3 Å². The summed E-state index contributed by atoms with van der Waals surface area (Å²) in [6, 6.07) is 5.41. The largest absolute Gasteiger partial charge is 0.480 e. The molecule has 1 aliphatic heterocycles. The van der Waals surface area contributed by atoms with Gasteiger partial charge >= 0.3 is 5.97 Å². The lowest BCUT2D eigenvalue weighted by Gasteiger charge is -2.11. The average molecular weight is 191 g/mol. The van der Waals surface area contributed by atoms with Gasteiger partial charge in [0.15, 0.2) is 0 Å². The van der Waals surface area contributed by atoms with Crippen molar-refractivity contribution in [2.24, 2.45) is 0 Å². The van der Waals surface area contributed by atoms with Crippen molar-refractivity contribution in [2.45, 2.75) is 25.8 Å². The van der Waals surface area contributed by atoms with Gasteiger partial charge in [0, 0.05) is 11.6 Å². The first kappa shape index (κ1) is 9.06. The SMILES string of the molecule is Cc1cccc2c1C(C)C(C(=O)O)N2. The van der Waals surface area contributed by atoms with E-state index in [-0.39, 0.29) is 5.92 Å². The third-order valence-electron chi connectivity index (χ3n) is 2.86. The first-order valence-electron chi connectivity index (χ1n) is 4.70. The maximum absolute atomic E-state index is 10.9. The van der Waals surface area contributed by atoms with Gasteiger partial charge in [0.05, 0.1) is 0 Å². The van der Waals surface area contributed by atoms with E-state index in [0.717, 1.165) is 16.8 Å². The molecule has 0 aromatic heterocycles. The highest BCUT2D eigenvalue weighted by Crippen LogP contribution is 2.37. The maximum Gasteiger partial charge on any atom is 0.326 e. The Balaban J connectivity index is 2.46. The van der Waals surface area contributed by atoms with E-state index >= 15 is 0 Å². The van der Waals surface area contributed by atoms with Crippen LogP contribution in [-0.4, -0.2) is 17.1 Å². The number of carboxylic acids is 1. The van der Waals surface area contributed by atoms with Crippen molar-refractivity contribution >= 4 is 11.7 Å². The van der Waals surface area contributed by atoms with Crippen molar-refractivity contribution < 1.29 is 9.90 Å². The van der Waals surface area contributed by atoms with Crippen LogP contribution in [0.4, 0.5) is 5.69 Å². The zero-order valence-electron chi connectivity index (χ0n) is 8.24. The van der Waals surface area contributed by atoms with E-state index in [4.69, 9.17) is 5.11 Å². The van der Waals surface area contributed by atoms with Gasteiger partial charge in [0.1, 0.15) is 6.04 Å². The molecule has 74 valence electrons. The molecule has 1 aromatic carbocycles. The number of benzene rings is 1. The van der Waals surface area contributed by atoms with Crippen molar-refractivity contribution in [1.82, 2.24) is 0 Å². The summed E-state index contributed by atoms with van der Waals surface area (Å²) in [5.74, 6) is -0.739. The number of hydrogen-bond acceptors (Lipinski definition) is 2. The zero-order chi connectivity index (χ0) is 10.3. The number of anilines is 1. The van der Waals surface area contributed by atoms with Gasteiger partial charge in [-0.25, -0.2) is 4.79 Å². The second-order valence-electron chi connectivity index (χ2n) is 3.79. The number of fused-ring (bicyclic) bond motifs is 1. The number of aliphatic carboxylic acids is 1. The van der Waals surface area contributed by atoms with Crippen LogP contribution in [0, 0.1) is 6.92 Å². The van der Waals surface area contributed by atoms with Gasteiger partial charge in [-0.05, 0) is 24.1 Å². The third-order valence-corrected chi connectivity index (χ3v) is 2.86. The molecule has 2 atom stereocenters. The summed E-state index contributed by atoms with van der Waals surface area (Å²) < 4.78 is 0. The highest BCUT2D eigenvalue weighted by Gasteiger charge is 2.34. The van der Waals surface area contributed by atoms with E-state index in [2.05, 4.69) is 5.32 Å². The van der Waals surface area contributed by atoms with Crippen molar-refractivity contribution in [1.29, 1.82) is 0 Å². The molecule has 2 unspecified atom stereocenters. The summed E-state index contributed by atoms with van der Waals surface area (Å²) in [5.41, 5.74) is 3.26. The predicted molar refractivity (Wildman–Crippen MR) is 54.6 cm³/mol. The predicted octanol–water partition coefficient (Wildman–Crippen LogP) is 1.98. The van der Waals surface area contributed by atoms with Crippen LogP contribution < -0.4 is 5.32 Å². The van der Waals surface area contributed by atoms with Gasteiger partial charge in [-0.3, -0.25) is 0 Å². The fourth-order valence-electron chi connectivity index (χ4n) is 2.15. The first-order valence-corrected chi connectivity index (χ1v) is 4.70. The summed E-state index contributed by atoms with van der Waals surface area (Å²) in [4.78, 5) is 10.9. The van der Waals surface area contributed by atoms with Crippen LogP contribution in [0.15, 0.2) is 18.2 Å². The van der Waals surface area contributed by atoms with Gasteiger partial charge in [-0.1, -0.05) is 19.1 Å². The summed E-state index contributed by atoms with van der Waals surface area (Å²) in [6.45, 7) is 3.96. The second kappa shape index (κ2) is 3.01. The van der Waals surface area contributed by atoms with Crippen molar-refractivity contribution in [3.05, 3.63) is 29.3 Å². The number of hydrogen-bond donors (Lipinski definition) is 2. The number of nitrogens with one attached hydrogen (secondary N) is 1. The molecule has 2 rings (SSSR count). The third kappa shape index (κ3) is 1.16. The quantitative estimate of drug-likeness (QED) is 0.713. The Labute approximate surface area is 82.8 Å². The van der Waals surface area contributed by atoms with E-state index < -0.39 is 12.0 Å². The molecule has 3 nitrogen and oxygen atoms in total. The van der Waals surface area contributed by atoms with E-state index in [1.54, 1.807) is 0 Å². The molecule has 3 heteroatoms. The molecule has 0 aliphatic carbocycles. The van der Waals surface area contributed by atoms with Crippen LogP contribution in [0.2, 0.25) is 0 Å². The molecule has 1 heterocycles. The van der Waals surface area contributed by atoms with Crippen molar-refractivity contribution in [2.75, 3.05) is 5.32 Å². The van der Waals surface area contributed by atoms with E-state index in [1.807, 2.05) is 32.0 Å². The molecule has 0 spiro atoms. The highest BCUT2D eigenvalue weighted by atomic mass is 16.4. The normalized spacial score (nSPS) is 24.1. The number of carbonyl (C=O) groups is 1. The van der Waals surface area contributed by atoms with E-state index in [9.17, 15) is 4.79 Å². The molecule has 2 N–H and O–H groups in total. The van der Waals surface area contributed by atoms with Gasteiger partial charge in [-0.15, -0.1) is 0 Å². The number of carboxylic acid groups (broad SMARTS) is 1. The van der Waals surface area contributed by atoms with Crippen LogP contribution in [0.25, 0.3) is 0 Å². The molecule has 0 saturated heterocycles. The Hall–Kier alpha value is -1.51. The highest BCUT2D eigenvalue weighted by molar-refractivity contribution is 5.83. The zero-order valence-corrected chi connectivity index (χ0v) is 8.24. The number of rotatable bonds is 1. The fourth-order valence-corrected chi connectivity index (χ4v) is 2.15. The maximum atomic E-state index is 10.9. The average Bonchev–Trinajstić information content (AvgIpc) is 2.45. The summed E-state index contributed by atoms with van der Waals surface area (Å²) >= 11 is 0. The minimum absolute atomic E-state index is 0.0451. The minimum Gasteiger partial charge on any atom is -0.480 e. The molecule has 1 aromatic rings. The summed E-state index contributed by atoms with van der Waals surface area (Å²) in [5, 5.41) is 12.0. The monoisotopic (exact) mass is 191 g/mol. The Morgan fingerprint density at radius 1 is 1.50 bits per heavy atom. The number of aryl methyl sites for hydroxylation is 1. The Morgan fingerprint density at radius 2 is 2.21 bits per heavy atom. The molecule has 1 aliphatic rings. The first-order chi connectivity index (χ1) is 6.61. The molecule has 0 bridgehead atoms. The molecule has 14 heavy (non-hydrogen) atoms. The Bertz CT molecular complexity index is 387.